The molecule has 1 aromatic carbocycles. The third-order valence-electron chi connectivity index (χ3n) is 6.09. The number of carbonyl (C=O) groups is 3. The molecule has 3 N–H and O–H groups in total. The Balaban J connectivity index is 1.34. The van der Waals surface area contributed by atoms with Gasteiger partial charge in [-0.05, 0) is 74.6 Å². The van der Waals surface area contributed by atoms with Crippen LogP contribution < -0.4 is 15.5 Å². The van der Waals surface area contributed by atoms with Crippen LogP contribution in [-0.4, -0.2) is 35.6 Å². The molecule has 2 saturated carbocycles. The number of hydrogen-bond donors (Lipinski definition) is 3. The quantitative estimate of drug-likeness (QED) is 0.725. The molecule has 0 spiro atoms. The van der Waals surface area contributed by atoms with Crippen LogP contribution in [0.4, 0.5) is 16.2 Å². The van der Waals surface area contributed by atoms with Gasteiger partial charge in [-0.1, -0.05) is 0 Å². The second-order valence-electron chi connectivity index (χ2n) is 8.28. The minimum absolute atomic E-state index is 0.0138. The van der Waals surface area contributed by atoms with Gasteiger partial charge in [-0.15, -0.1) is 0 Å². The molecule has 4 rings (SSSR count). The second kappa shape index (κ2) is 7.81. The Hall–Kier alpha value is -2.57. The molecule has 7 nitrogen and oxygen atoms in total. The predicted molar refractivity (Wildman–Crippen MR) is 105 cm³/mol. The van der Waals surface area contributed by atoms with Gasteiger partial charge in [0.25, 0.3) is 0 Å². The van der Waals surface area contributed by atoms with Crippen LogP contribution in [0.3, 0.4) is 0 Å². The third kappa shape index (κ3) is 4.29. The fourth-order valence-corrected chi connectivity index (χ4v) is 4.23. The molecular weight excluding hydrogens is 358 g/mol. The van der Waals surface area contributed by atoms with Crippen LogP contribution in [0.5, 0.6) is 0 Å². The molecule has 28 heavy (non-hydrogen) atoms. The highest BCUT2D eigenvalue weighted by Crippen LogP contribution is 2.36. The Morgan fingerprint density at radius 2 is 1.82 bits per heavy atom. The van der Waals surface area contributed by atoms with Crippen molar-refractivity contribution in [2.45, 2.75) is 57.4 Å². The number of nitrogens with zero attached hydrogens (tertiary/aromatic N) is 1. The van der Waals surface area contributed by atoms with Crippen molar-refractivity contribution in [3.63, 3.8) is 0 Å². The SMILES string of the molecule is O=C(Nc1ccc2c(c1)CCC(=O)N2CC1CC1)NC1CCC(C(=O)O)CC1. The van der Waals surface area contributed by atoms with E-state index in [1.54, 1.807) is 0 Å². The van der Waals surface area contributed by atoms with Crippen LogP contribution in [0.1, 0.15) is 50.5 Å². The Bertz CT molecular complexity index is 782. The zero-order chi connectivity index (χ0) is 19.7. The van der Waals surface area contributed by atoms with Gasteiger partial charge in [-0.3, -0.25) is 9.59 Å². The highest BCUT2D eigenvalue weighted by Gasteiger charge is 2.31. The fraction of sp³-hybridized carbons (Fsp3) is 0.571. The molecule has 0 bridgehead atoms. The highest BCUT2D eigenvalue weighted by molar-refractivity contribution is 5.97. The van der Waals surface area contributed by atoms with Gasteiger partial charge < -0.3 is 20.6 Å². The van der Waals surface area contributed by atoms with E-state index in [0.717, 1.165) is 23.5 Å². The van der Waals surface area contributed by atoms with Crippen LogP contribution >= 0.6 is 0 Å². The number of rotatable bonds is 5. The molecule has 0 radical (unpaired) electrons. The molecule has 0 saturated heterocycles. The van der Waals surface area contributed by atoms with Crippen molar-refractivity contribution in [3.05, 3.63) is 23.8 Å². The number of urea groups is 1. The summed E-state index contributed by atoms with van der Waals surface area (Å²) in [4.78, 5) is 37.5. The number of carbonyl (C=O) groups excluding carboxylic acids is 2. The second-order valence-corrected chi connectivity index (χ2v) is 8.28. The zero-order valence-corrected chi connectivity index (χ0v) is 15.9. The lowest BCUT2D eigenvalue weighted by Gasteiger charge is -2.30. The van der Waals surface area contributed by atoms with E-state index in [0.29, 0.717) is 44.4 Å². The maximum Gasteiger partial charge on any atom is 0.319 e. The summed E-state index contributed by atoms with van der Waals surface area (Å²) < 4.78 is 0. The van der Waals surface area contributed by atoms with Gasteiger partial charge in [0.2, 0.25) is 5.91 Å². The van der Waals surface area contributed by atoms with Crippen molar-refractivity contribution in [2.24, 2.45) is 11.8 Å². The average molecular weight is 385 g/mol. The summed E-state index contributed by atoms with van der Waals surface area (Å²) in [5.41, 5.74) is 2.79. The maximum absolute atomic E-state index is 12.3. The van der Waals surface area contributed by atoms with Gasteiger partial charge in [0.1, 0.15) is 0 Å². The first-order chi connectivity index (χ1) is 13.5. The molecule has 0 aromatic heterocycles. The van der Waals surface area contributed by atoms with Crippen LogP contribution in [-0.2, 0) is 16.0 Å². The topological polar surface area (TPSA) is 98.7 Å². The van der Waals surface area contributed by atoms with Crippen molar-refractivity contribution >= 4 is 29.3 Å². The van der Waals surface area contributed by atoms with E-state index in [1.165, 1.54) is 12.8 Å². The van der Waals surface area contributed by atoms with Crippen molar-refractivity contribution in [1.82, 2.24) is 5.32 Å². The number of aliphatic carboxylic acids is 1. The molecule has 0 unspecified atom stereocenters. The summed E-state index contributed by atoms with van der Waals surface area (Å²) in [6.07, 6.45) is 6.20. The summed E-state index contributed by atoms with van der Waals surface area (Å²) in [7, 11) is 0. The van der Waals surface area contributed by atoms with E-state index in [4.69, 9.17) is 5.11 Å². The molecule has 150 valence electrons. The molecule has 1 heterocycles. The summed E-state index contributed by atoms with van der Waals surface area (Å²) >= 11 is 0. The molecule has 2 aliphatic carbocycles. The smallest absolute Gasteiger partial charge is 0.319 e. The summed E-state index contributed by atoms with van der Waals surface area (Å²) in [6.45, 7) is 0.804. The van der Waals surface area contributed by atoms with Crippen LogP contribution in [0.25, 0.3) is 0 Å². The number of carboxylic acid groups (broad SMARTS) is 1. The number of benzene rings is 1. The van der Waals surface area contributed by atoms with Crippen LogP contribution in [0, 0.1) is 11.8 Å². The van der Waals surface area contributed by atoms with Crippen molar-refractivity contribution in [1.29, 1.82) is 0 Å². The lowest BCUT2D eigenvalue weighted by molar-refractivity contribution is -0.142. The van der Waals surface area contributed by atoms with Crippen molar-refractivity contribution in [2.75, 3.05) is 16.8 Å². The van der Waals surface area contributed by atoms with E-state index in [-0.39, 0.29) is 23.9 Å². The summed E-state index contributed by atoms with van der Waals surface area (Å²) in [6, 6.07) is 5.49. The number of nitrogens with one attached hydrogen (secondary N) is 2. The summed E-state index contributed by atoms with van der Waals surface area (Å²) in [5, 5.41) is 14.9. The first kappa shape index (κ1) is 18.8. The van der Waals surface area contributed by atoms with Gasteiger partial charge in [0.15, 0.2) is 0 Å². The van der Waals surface area contributed by atoms with Crippen molar-refractivity contribution in [3.8, 4) is 0 Å². The molecule has 3 aliphatic rings. The first-order valence-corrected chi connectivity index (χ1v) is 10.2. The summed E-state index contributed by atoms with van der Waals surface area (Å²) in [5.74, 6) is -0.210. The first-order valence-electron chi connectivity index (χ1n) is 10.2. The normalized spacial score (nSPS) is 24.4. The Kier molecular flexibility index (Phi) is 5.24. The van der Waals surface area contributed by atoms with Gasteiger partial charge in [0, 0.05) is 30.4 Å². The van der Waals surface area contributed by atoms with E-state index in [9.17, 15) is 14.4 Å². The number of fused-ring (bicyclic) bond motifs is 1. The molecule has 3 amide bonds. The van der Waals surface area contributed by atoms with E-state index < -0.39 is 5.97 Å². The maximum atomic E-state index is 12.3. The molecule has 1 aliphatic heterocycles. The zero-order valence-electron chi connectivity index (χ0n) is 15.9. The number of anilines is 2. The lowest BCUT2D eigenvalue weighted by Crippen LogP contribution is -2.41. The van der Waals surface area contributed by atoms with Gasteiger partial charge in [-0.2, -0.15) is 0 Å². The number of carboxylic acids is 1. The Morgan fingerprint density at radius 3 is 2.50 bits per heavy atom. The molecule has 1 aromatic rings. The Morgan fingerprint density at radius 1 is 1.07 bits per heavy atom. The highest BCUT2D eigenvalue weighted by atomic mass is 16.4. The average Bonchev–Trinajstić information content (AvgIpc) is 3.48. The Labute approximate surface area is 164 Å². The van der Waals surface area contributed by atoms with E-state index in [2.05, 4.69) is 10.6 Å². The number of amides is 3. The fourth-order valence-electron chi connectivity index (χ4n) is 4.23. The minimum atomic E-state index is -0.744. The van der Waals surface area contributed by atoms with Crippen molar-refractivity contribution < 1.29 is 19.5 Å². The van der Waals surface area contributed by atoms with Gasteiger partial charge in [0.05, 0.1) is 5.92 Å². The molecule has 2 fully saturated rings. The lowest BCUT2D eigenvalue weighted by atomic mass is 9.86. The number of aryl methyl sites for hydroxylation is 1. The van der Waals surface area contributed by atoms with Crippen LogP contribution in [0.2, 0.25) is 0 Å². The monoisotopic (exact) mass is 385 g/mol. The third-order valence-corrected chi connectivity index (χ3v) is 6.09. The number of hydrogen-bond acceptors (Lipinski definition) is 3. The molecule has 7 heteroatoms. The van der Waals surface area contributed by atoms with Crippen LogP contribution in [0.15, 0.2) is 18.2 Å². The standard InChI is InChI=1S/C21H27N3O4/c25-19-10-5-15-11-17(8-9-18(15)24(19)12-13-1-2-13)23-21(28)22-16-6-3-14(4-7-16)20(26)27/h8-9,11,13-14,16H,1-7,10,12H2,(H,26,27)(H2,22,23,28). The minimum Gasteiger partial charge on any atom is -0.481 e. The van der Waals surface area contributed by atoms with E-state index >= 15 is 0 Å². The van der Waals surface area contributed by atoms with E-state index in [1.807, 2.05) is 23.1 Å². The van der Waals surface area contributed by atoms with Gasteiger partial charge in [-0.25, -0.2) is 4.79 Å². The molecular formula is C21H27N3O4. The largest absolute Gasteiger partial charge is 0.481 e. The molecule has 0 atom stereocenters. The predicted octanol–water partition coefficient (Wildman–Crippen LogP) is 3.14. The van der Waals surface area contributed by atoms with Gasteiger partial charge >= 0.3 is 12.0 Å².